The van der Waals surface area contributed by atoms with E-state index in [9.17, 15) is 4.79 Å². The Hall–Kier alpha value is -3.21. The van der Waals surface area contributed by atoms with Gasteiger partial charge < -0.3 is 10.1 Å². The van der Waals surface area contributed by atoms with Crippen LogP contribution in [0.3, 0.4) is 0 Å². The Morgan fingerprint density at radius 2 is 1.78 bits per heavy atom. The predicted molar refractivity (Wildman–Crippen MR) is 87.7 cm³/mol. The van der Waals surface area contributed by atoms with Gasteiger partial charge in [0.2, 0.25) is 0 Å². The average Bonchev–Trinajstić information content (AvgIpc) is 2.58. The molecule has 23 heavy (non-hydrogen) atoms. The van der Waals surface area contributed by atoms with Crippen molar-refractivity contribution in [2.45, 2.75) is 6.92 Å². The Morgan fingerprint density at radius 3 is 2.57 bits per heavy atom. The molecule has 1 heterocycles. The van der Waals surface area contributed by atoms with Crippen molar-refractivity contribution in [3.8, 4) is 11.5 Å². The Morgan fingerprint density at radius 1 is 1.04 bits per heavy atom. The highest BCUT2D eigenvalue weighted by molar-refractivity contribution is 6.05. The minimum absolute atomic E-state index is 0.271. The molecule has 0 saturated carbocycles. The van der Waals surface area contributed by atoms with Crippen molar-refractivity contribution >= 4 is 11.6 Å². The Bertz CT molecular complexity index is 819. The molecule has 1 N–H and O–H groups in total. The van der Waals surface area contributed by atoms with Crippen LogP contribution in [0.2, 0.25) is 0 Å². The third-order valence-corrected chi connectivity index (χ3v) is 3.26. The molecule has 3 aromatic rings. The number of benzene rings is 2. The minimum Gasteiger partial charge on any atom is -0.455 e. The highest BCUT2D eigenvalue weighted by Gasteiger charge is 2.13. The van der Waals surface area contributed by atoms with Crippen molar-refractivity contribution in [1.29, 1.82) is 0 Å². The van der Waals surface area contributed by atoms with Crippen molar-refractivity contribution in [1.82, 2.24) is 9.97 Å². The molecule has 0 spiro atoms. The van der Waals surface area contributed by atoms with Gasteiger partial charge in [0, 0.05) is 6.20 Å². The predicted octanol–water partition coefficient (Wildman–Crippen LogP) is 3.83. The van der Waals surface area contributed by atoms with Crippen LogP contribution in [0.1, 0.15) is 16.1 Å². The molecule has 3 rings (SSSR count). The number of para-hydroxylation sites is 3. The van der Waals surface area contributed by atoms with Crippen LogP contribution in [-0.2, 0) is 0 Å². The largest absolute Gasteiger partial charge is 0.455 e. The van der Waals surface area contributed by atoms with Crippen molar-refractivity contribution < 1.29 is 9.53 Å². The lowest BCUT2D eigenvalue weighted by atomic mass is 10.2. The normalized spacial score (nSPS) is 10.1. The summed E-state index contributed by atoms with van der Waals surface area (Å²) in [5, 5.41) is 2.84. The van der Waals surface area contributed by atoms with Gasteiger partial charge in [0.05, 0.1) is 16.9 Å². The summed E-state index contributed by atoms with van der Waals surface area (Å²) in [7, 11) is 0. The fraction of sp³-hybridized carbons (Fsp3) is 0.0556. The van der Waals surface area contributed by atoms with E-state index in [0.717, 1.165) is 0 Å². The highest BCUT2D eigenvalue weighted by Crippen LogP contribution is 2.29. The summed E-state index contributed by atoms with van der Waals surface area (Å²) in [6.45, 7) is 1.77. The van der Waals surface area contributed by atoms with Crippen LogP contribution in [0.15, 0.2) is 67.1 Å². The molecule has 2 aromatic carbocycles. The standard InChI is InChI=1S/C18H15N3O2/c1-13-15(11-19-12-20-13)18(22)21-16-9-5-6-10-17(16)23-14-7-3-2-4-8-14/h2-12H,1H3,(H,21,22). The third-order valence-electron chi connectivity index (χ3n) is 3.26. The van der Waals surface area contributed by atoms with Gasteiger partial charge >= 0.3 is 0 Å². The molecule has 0 aliphatic heterocycles. The molecule has 0 bridgehead atoms. The van der Waals surface area contributed by atoms with Crippen molar-refractivity contribution in [2.75, 3.05) is 5.32 Å². The summed E-state index contributed by atoms with van der Waals surface area (Å²) in [5.74, 6) is 1.00. The minimum atomic E-state index is -0.271. The number of carbonyl (C=O) groups is 1. The van der Waals surface area contributed by atoms with E-state index in [1.54, 1.807) is 19.1 Å². The fourth-order valence-electron chi connectivity index (χ4n) is 2.08. The number of rotatable bonds is 4. The van der Waals surface area contributed by atoms with Crippen LogP contribution in [-0.4, -0.2) is 15.9 Å². The third kappa shape index (κ3) is 3.52. The molecule has 0 aliphatic rings. The second kappa shape index (κ2) is 6.70. The summed E-state index contributed by atoms with van der Waals surface area (Å²) in [6.07, 6.45) is 2.91. The zero-order chi connectivity index (χ0) is 16.1. The van der Waals surface area contributed by atoms with E-state index in [1.807, 2.05) is 42.5 Å². The monoisotopic (exact) mass is 305 g/mol. The molecule has 0 saturated heterocycles. The van der Waals surface area contributed by atoms with Crippen LogP contribution in [0, 0.1) is 6.92 Å². The molecule has 5 heteroatoms. The molecule has 0 unspecified atom stereocenters. The first-order valence-corrected chi connectivity index (χ1v) is 7.14. The molecule has 0 radical (unpaired) electrons. The number of aromatic nitrogens is 2. The number of nitrogens with zero attached hydrogens (tertiary/aromatic N) is 2. The Labute approximate surface area is 134 Å². The number of hydrogen-bond acceptors (Lipinski definition) is 4. The van der Waals surface area contributed by atoms with Gasteiger partial charge in [-0.3, -0.25) is 4.79 Å². The number of hydrogen-bond donors (Lipinski definition) is 1. The van der Waals surface area contributed by atoms with Gasteiger partial charge in [0.15, 0.2) is 5.75 Å². The highest BCUT2D eigenvalue weighted by atomic mass is 16.5. The van der Waals surface area contributed by atoms with Crippen LogP contribution in [0.4, 0.5) is 5.69 Å². The van der Waals surface area contributed by atoms with E-state index in [0.29, 0.717) is 28.4 Å². The quantitative estimate of drug-likeness (QED) is 0.795. The maximum atomic E-state index is 12.4. The number of carbonyl (C=O) groups excluding carboxylic acids is 1. The molecular weight excluding hydrogens is 290 g/mol. The van der Waals surface area contributed by atoms with Crippen molar-refractivity contribution in [3.63, 3.8) is 0 Å². The molecule has 0 aliphatic carbocycles. The number of ether oxygens (including phenoxy) is 1. The summed E-state index contributed by atoms with van der Waals surface area (Å²) in [4.78, 5) is 20.3. The molecule has 1 aromatic heterocycles. The van der Waals surface area contributed by atoms with Gasteiger partial charge in [0.25, 0.3) is 5.91 Å². The van der Waals surface area contributed by atoms with E-state index in [-0.39, 0.29) is 5.91 Å². The second-order valence-corrected chi connectivity index (χ2v) is 4.89. The number of anilines is 1. The fourth-order valence-corrected chi connectivity index (χ4v) is 2.08. The molecule has 114 valence electrons. The summed E-state index contributed by atoms with van der Waals surface area (Å²) < 4.78 is 5.83. The van der Waals surface area contributed by atoms with Crippen LogP contribution >= 0.6 is 0 Å². The average molecular weight is 305 g/mol. The van der Waals surface area contributed by atoms with Gasteiger partial charge in [-0.25, -0.2) is 9.97 Å². The van der Waals surface area contributed by atoms with Crippen molar-refractivity contribution in [3.05, 3.63) is 78.4 Å². The lowest BCUT2D eigenvalue weighted by Gasteiger charge is -2.12. The first kappa shape index (κ1) is 14.7. The Balaban J connectivity index is 1.84. The number of nitrogens with one attached hydrogen (secondary N) is 1. The zero-order valence-corrected chi connectivity index (χ0v) is 12.6. The van der Waals surface area contributed by atoms with Gasteiger partial charge in [-0.15, -0.1) is 0 Å². The van der Waals surface area contributed by atoms with Gasteiger partial charge in [-0.2, -0.15) is 0 Å². The van der Waals surface area contributed by atoms with E-state index in [1.165, 1.54) is 12.5 Å². The molecule has 0 fully saturated rings. The summed E-state index contributed by atoms with van der Waals surface area (Å²) >= 11 is 0. The van der Waals surface area contributed by atoms with E-state index in [4.69, 9.17) is 4.74 Å². The maximum Gasteiger partial charge on any atom is 0.259 e. The van der Waals surface area contributed by atoms with Gasteiger partial charge in [0.1, 0.15) is 12.1 Å². The number of aryl methyl sites for hydroxylation is 1. The number of amides is 1. The van der Waals surface area contributed by atoms with E-state index >= 15 is 0 Å². The van der Waals surface area contributed by atoms with Crippen LogP contribution in [0.25, 0.3) is 0 Å². The molecule has 1 amide bonds. The topological polar surface area (TPSA) is 64.1 Å². The summed E-state index contributed by atoms with van der Waals surface area (Å²) in [5.41, 5.74) is 1.64. The zero-order valence-electron chi connectivity index (χ0n) is 12.6. The lowest BCUT2D eigenvalue weighted by Crippen LogP contribution is -2.15. The van der Waals surface area contributed by atoms with E-state index < -0.39 is 0 Å². The lowest BCUT2D eigenvalue weighted by molar-refractivity contribution is 0.102. The maximum absolute atomic E-state index is 12.4. The first-order chi connectivity index (χ1) is 11.2. The first-order valence-electron chi connectivity index (χ1n) is 7.14. The second-order valence-electron chi connectivity index (χ2n) is 4.89. The van der Waals surface area contributed by atoms with Crippen LogP contribution in [0.5, 0.6) is 11.5 Å². The van der Waals surface area contributed by atoms with Gasteiger partial charge in [-0.05, 0) is 31.2 Å². The Kier molecular flexibility index (Phi) is 4.29. The SMILES string of the molecule is Cc1ncncc1C(=O)Nc1ccccc1Oc1ccccc1. The summed E-state index contributed by atoms with van der Waals surface area (Å²) in [6, 6.07) is 16.7. The smallest absolute Gasteiger partial charge is 0.259 e. The van der Waals surface area contributed by atoms with E-state index in [2.05, 4.69) is 15.3 Å². The van der Waals surface area contributed by atoms with Gasteiger partial charge in [-0.1, -0.05) is 30.3 Å². The van der Waals surface area contributed by atoms with Crippen molar-refractivity contribution in [2.24, 2.45) is 0 Å². The molecular formula is C18H15N3O2. The van der Waals surface area contributed by atoms with Crippen LogP contribution < -0.4 is 10.1 Å². The molecule has 5 nitrogen and oxygen atoms in total. The molecule has 0 atom stereocenters.